The first-order chi connectivity index (χ1) is 12.4. The van der Waals surface area contributed by atoms with Crippen molar-refractivity contribution in [1.82, 2.24) is 10.2 Å². The normalized spacial score (nSPS) is 17.7. The number of urea groups is 1. The lowest BCUT2D eigenvalue weighted by molar-refractivity contribution is -0.137. The third-order valence-corrected chi connectivity index (χ3v) is 4.50. The molecule has 0 radical (unpaired) electrons. The van der Waals surface area contributed by atoms with Crippen LogP contribution in [0, 0.1) is 0 Å². The zero-order valence-electron chi connectivity index (χ0n) is 13.8. The zero-order valence-corrected chi connectivity index (χ0v) is 13.8. The van der Waals surface area contributed by atoms with Gasteiger partial charge >= 0.3 is 12.2 Å². The number of aromatic nitrogens is 1. The fraction of sp³-hybridized carbons (Fsp3) is 0.412. The van der Waals surface area contributed by atoms with Crippen molar-refractivity contribution >= 4 is 17.5 Å². The maximum absolute atomic E-state index is 12.7. The van der Waals surface area contributed by atoms with Crippen molar-refractivity contribution in [2.75, 3.05) is 23.4 Å². The molecule has 1 saturated heterocycles. The molecular formula is C17H17F3N4O2. The van der Waals surface area contributed by atoms with E-state index in [9.17, 15) is 18.0 Å². The van der Waals surface area contributed by atoms with Crippen LogP contribution in [0.1, 0.15) is 36.5 Å². The maximum Gasteiger partial charge on any atom is 0.416 e. The van der Waals surface area contributed by atoms with Crippen molar-refractivity contribution in [1.29, 1.82) is 0 Å². The van der Waals surface area contributed by atoms with Gasteiger partial charge in [0.05, 0.1) is 11.3 Å². The molecule has 4 rings (SSSR count). The van der Waals surface area contributed by atoms with Gasteiger partial charge in [-0.05, 0) is 43.5 Å². The van der Waals surface area contributed by atoms with Crippen LogP contribution in [0.3, 0.4) is 0 Å². The quantitative estimate of drug-likeness (QED) is 0.883. The van der Waals surface area contributed by atoms with Gasteiger partial charge in [0.1, 0.15) is 5.76 Å². The Morgan fingerprint density at radius 1 is 1.19 bits per heavy atom. The van der Waals surface area contributed by atoms with E-state index < -0.39 is 17.8 Å². The van der Waals surface area contributed by atoms with E-state index in [-0.39, 0.29) is 0 Å². The van der Waals surface area contributed by atoms with Crippen molar-refractivity contribution in [3.8, 4) is 0 Å². The largest absolute Gasteiger partial charge is 0.416 e. The summed E-state index contributed by atoms with van der Waals surface area (Å²) in [4.78, 5) is 12.5. The average Bonchev–Trinajstić information content (AvgIpc) is 3.15. The third-order valence-electron chi connectivity index (χ3n) is 4.50. The molecule has 0 bridgehead atoms. The number of nitrogens with zero attached hydrogens (tertiary/aromatic N) is 3. The molecule has 9 heteroatoms. The van der Waals surface area contributed by atoms with Gasteiger partial charge in [0, 0.05) is 25.1 Å². The Morgan fingerprint density at radius 2 is 1.92 bits per heavy atom. The van der Waals surface area contributed by atoms with Crippen LogP contribution in [0.2, 0.25) is 0 Å². The molecule has 1 aliphatic carbocycles. The van der Waals surface area contributed by atoms with E-state index in [0.717, 1.165) is 37.2 Å². The molecule has 1 aromatic heterocycles. The van der Waals surface area contributed by atoms with E-state index in [0.29, 0.717) is 30.5 Å². The summed E-state index contributed by atoms with van der Waals surface area (Å²) in [6.07, 6.45) is -1.53. The molecule has 1 aromatic carbocycles. The molecule has 1 saturated carbocycles. The van der Waals surface area contributed by atoms with Gasteiger partial charge in [-0.3, -0.25) is 10.3 Å². The lowest BCUT2D eigenvalue weighted by Crippen LogP contribution is -2.43. The molecule has 2 heterocycles. The Balaban J connectivity index is 1.45. The van der Waals surface area contributed by atoms with E-state index in [1.165, 1.54) is 17.1 Å². The van der Waals surface area contributed by atoms with Crippen LogP contribution in [-0.2, 0) is 6.18 Å². The number of hydrogen-bond acceptors (Lipinski definition) is 4. The van der Waals surface area contributed by atoms with Gasteiger partial charge in [0.25, 0.3) is 0 Å². The van der Waals surface area contributed by atoms with Crippen LogP contribution in [0.15, 0.2) is 34.9 Å². The molecule has 2 fully saturated rings. The van der Waals surface area contributed by atoms with Crippen LogP contribution >= 0.6 is 0 Å². The minimum atomic E-state index is -4.38. The van der Waals surface area contributed by atoms with Crippen LogP contribution in [0.4, 0.5) is 29.5 Å². The Labute approximate surface area is 147 Å². The van der Waals surface area contributed by atoms with E-state index in [2.05, 4.69) is 10.5 Å². The minimum Gasteiger partial charge on any atom is -0.359 e. The third kappa shape index (κ3) is 3.33. The molecule has 2 amide bonds. The number of benzene rings is 1. The Hall–Kier alpha value is -2.71. The molecule has 0 atom stereocenters. The number of halogens is 3. The molecule has 0 spiro atoms. The highest BCUT2D eigenvalue weighted by atomic mass is 19.4. The number of alkyl halides is 3. The summed E-state index contributed by atoms with van der Waals surface area (Å²) >= 11 is 0. The fourth-order valence-corrected chi connectivity index (χ4v) is 3.00. The highest BCUT2D eigenvalue weighted by Crippen LogP contribution is 2.40. The summed E-state index contributed by atoms with van der Waals surface area (Å²) in [7, 11) is 0. The van der Waals surface area contributed by atoms with Crippen LogP contribution in [0.25, 0.3) is 0 Å². The van der Waals surface area contributed by atoms with Crippen LogP contribution in [0.5, 0.6) is 0 Å². The van der Waals surface area contributed by atoms with Crippen molar-refractivity contribution < 1.29 is 22.5 Å². The number of amides is 2. The first-order valence-corrected chi connectivity index (χ1v) is 8.41. The van der Waals surface area contributed by atoms with Gasteiger partial charge in [0.2, 0.25) is 0 Å². The molecule has 2 aromatic rings. The first kappa shape index (κ1) is 16.7. The number of hydrogen-bond donors (Lipinski definition) is 1. The second-order valence-corrected chi connectivity index (χ2v) is 6.46. The van der Waals surface area contributed by atoms with Crippen LogP contribution in [-0.4, -0.2) is 29.3 Å². The molecule has 0 unspecified atom stereocenters. The molecule has 6 nitrogen and oxygen atoms in total. The summed E-state index contributed by atoms with van der Waals surface area (Å²) in [6, 6.07) is 6.10. The Morgan fingerprint density at radius 3 is 2.58 bits per heavy atom. The summed E-state index contributed by atoms with van der Waals surface area (Å²) in [5.41, 5.74) is -0.184. The predicted octanol–water partition coefficient (Wildman–Crippen LogP) is 4.23. The average molecular weight is 366 g/mol. The molecule has 26 heavy (non-hydrogen) atoms. The van der Waals surface area contributed by atoms with Gasteiger partial charge in [-0.2, -0.15) is 13.2 Å². The monoisotopic (exact) mass is 366 g/mol. The second kappa shape index (κ2) is 6.22. The summed E-state index contributed by atoms with van der Waals surface area (Å²) < 4.78 is 43.3. The molecule has 1 N–H and O–H groups in total. The minimum absolute atomic E-state index is 0.344. The van der Waals surface area contributed by atoms with Gasteiger partial charge < -0.3 is 4.52 Å². The van der Waals surface area contributed by atoms with Gasteiger partial charge in [-0.25, -0.2) is 9.80 Å². The summed E-state index contributed by atoms with van der Waals surface area (Å²) in [5, 5.41) is 9.66. The van der Waals surface area contributed by atoms with Gasteiger partial charge in [-0.15, -0.1) is 0 Å². The van der Waals surface area contributed by atoms with E-state index in [1.54, 1.807) is 11.1 Å². The molecule has 138 valence electrons. The summed E-state index contributed by atoms with van der Waals surface area (Å²) in [5.74, 6) is 1.50. The first-order valence-electron chi connectivity index (χ1n) is 8.41. The topological polar surface area (TPSA) is 61.6 Å². The fourth-order valence-electron chi connectivity index (χ4n) is 3.00. The van der Waals surface area contributed by atoms with Crippen molar-refractivity contribution in [3.05, 3.63) is 41.7 Å². The molecule has 2 aliphatic rings. The van der Waals surface area contributed by atoms with Crippen molar-refractivity contribution in [2.45, 2.75) is 31.4 Å². The zero-order chi connectivity index (χ0) is 18.3. The van der Waals surface area contributed by atoms with Crippen LogP contribution < -0.4 is 10.3 Å². The number of rotatable bonds is 3. The standard InChI is InChI=1S/C17H17F3N4O2/c18-17(19,20)12-4-6-13(7-5-12)23-8-1-9-24(23)16(25)21-15-10-14(26-22-15)11-2-3-11/h4-7,10-11H,1-3,8-9H2,(H,21,22,25). The number of hydrazine groups is 1. The predicted molar refractivity (Wildman–Crippen MR) is 87.6 cm³/mol. The molecule has 1 aliphatic heterocycles. The van der Waals surface area contributed by atoms with Gasteiger partial charge in [0.15, 0.2) is 5.82 Å². The number of carbonyl (C=O) groups is 1. The number of carbonyl (C=O) groups excluding carboxylic acids is 1. The van der Waals surface area contributed by atoms with Crippen molar-refractivity contribution in [2.24, 2.45) is 0 Å². The summed E-state index contributed by atoms with van der Waals surface area (Å²) in [6.45, 7) is 1.02. The van der Waals surface area contributed by atoms with Crippen molar-refractivity contribution in [3.63, 3.8) is 0 Å². The smallest absolute Gasteiger partial charge is 0.359 e. The number of nitrogens with one attached hydrogen (secondary N) is 1. The highest BCUT2D eigenvalue weighted by molar-refractivity contribution is 5.89. The van der Waals surface area contributed by atoms with E-state index in [4.69, 9.17) is 4.52 Å². The lowest BCUT2D eigenvalue weighted by Gasteiger charge is -2.29. The molecular weight excluding hydrogens is 349 g/mol. The van der Waals surface area contributed by atoms with E-state index >= 15 is 0 Å². The number of anilines is 2. The Kier molecular flexibility index (Phi) is 4.01. The lowest BCUT2D eigenvalue weighted by atomic mass is 10.2. The van der Waals surface area contributed by atoms with Gasteiger partial charge in [-0.1, -0.05) is 5.16 Å². The maximum atomic E-state index is 12.7. The highest BCUT2D eigenvalue weighted by Gasteiger charge is 2.32. The Bertz CT molecular complexity index is 799. The SMILES string of the molecule is O=C(Nc1cc(C2CC2)on1)N1CCCN1c1ccc(C(F)(F)F)cc1. The second-order valence-electron chi connectivity index (χ2n) is 6.46. The van der Waals surface area contributed by atoms with E-state index in [1.807, 2.05) is 0 Å².